The van der Waals surface area contributed by atoms with Gasteiger partial charge in [-0.1, -0.05) is 30.3 Å². The van der Waals surface area contributed by atoms with Gasteiger partial charge in [-0.2, -0.15) is 0 Å². The van der Waals surface area contributed by atoms with E-state index in [4.69, 9.17) is 9.47 Å². The summed E-state index contributed by atoms with van der Waals surface area (Å²) in [6.45, 7) is 6.36. The fraction of sp³-hybridized carbons (Fsp3) is 0.556. The molecular formula is C18H27NO4. The number of carbonyl (C=O) groups is 2. The summed E-state index contributed by atoms with van der Waals surface area (Å²) in [5.41, 5.74) is 1.24. The van der Waals surface area contributed by atoms with Crippen LogP contribution in [-0.2, 0) is 25.5 Å². The van der Waals surface area contributed by atoms with Crippen molar-refractivity contribution in [3.8, 4) is 0 Å². The summed E-state index contributed by atoms with van der Waals surface area (Å²) < 4.78 is 9.92. The maximum absolute atomic E-state index is 11.5. The first-order valence-electron chi connectivity index (χ1n) is 8.23. The number of ether oxygens (including phenoxy) is 2. The predicted octanol–water partition coefficient (Wildman–Crippen LogP) is 2.44. The maximum Gasteiger partial charge on any atom is 0.307 e. The van der Waals surface area contributed by atoms with Gasteiger partial charge >= 0.3 is 11.9 Å². The Morgan fingerprint density at radius 3 is 1.87 bits per heavy atom. The third-order valence-corrected chi connectivity index (χ3v) is 3.43. The predicted molar refractivity (Wildman–Crippen MR) is 89.1 cm³/mol. The molecule has 0 radical (unpaired) electrons. The Labute approximate surface area is 138 Å². The molecule has 128 valence electrons. The van der Waals surface area contributed by atoms with Crippen LogP contribution in [0.4, 0.5) is 0 Å². The molecule has 0 aliphatic rings. The third-order valence-electron chi connectivity index (χ3n) is 3.43. The van der Waals surface area contributed by atoms with E-state index in [1.165, 1.54) is 5.56 Å². The van der Waals surface area contributed by atoms with Gasteiger partial charge in [0.15, 0.2) is 0 Å². The third kappa shape index (κ3) is 8.98. The van der Waals surface area contributed by atoms with Crippen molar-refractivity contribution in [3.05, 3.63) is 35.9 Å². The average Bonchev–Trinajstić information content (AvgIpc) is 2.55. The van der Waals surface area contributed by atoms with Gasteiger partial charge in [0.05, 0.1) is 26.1 Å². The van der Waals surface area contributed by atoms with Crippen molar-refractivity contribution in [3.63, 3.8) is 0 Å². The van der Waals surface area contributed by atoms with Gasteiger partial charge in [-0.05, 0) is 25.8 Å². The average molecular weight is 321 g/mol. The first-order chi connectivity index (χ1) is 11.2. The van der Waals surface area contributed by atoms with Gasteiger partial charge in [-0.3, -0.25) is 9.59 Å². The van der Waals surface area contributed by atoms with E-state index in [0.717, 1.165) is 13.0 Å². The van der Waals surface area contributed by atoms with E-state index in [-0.39, 0.29) is 11.9 Å². The van der Waals surface area contributed by atoms with Crippen LogP contribution in [0.25, 0.3) is 0 Å². The number of hydrogen-bond donors (Lipinski definition) is 0. The van der Waals surface area contributed by atoms with E-state index < -0.39 is 0 Å². The van der Waals surface area contributed by atoms with Gasteiger partial charge in [0.2, 0.25) is 0 Å². The van der Waals surface area contributed by atoms with E-state index in [1.54, 1.807) is 13.8 Å². The Hall–Kier alpha value is -1.88. The van der Waals surface area contributed by atoms with Gasteiger partial charge in [-0.25, -0.2) is 0 Å². The molecule has 0 aromatic heterocycles. The lowest BCUT2D eigenvalue weighted by atomic mass is 10.1. The van der Waals surface area contributed by atoms with Crippen LogP contribution in [0.15, 0.2) is 30.3 Å². The summed E-state index contributed by atoms with van der Waals surface area (Å²) in [5, 5.41) is 0. The number of hydrogen-bond acceptors (Lipinski definition) is 5. The van der Waals surface area contributed by atoms with E-state index in [9.17, 15) is 9.59 Å². The molecule has 0 spiro atoms. The second-order valence-corrected chi connectivity index (χ2v) is 5.19. The molecule has 0 saturated heterocycles. The van der Waals surface area contributed by atoms with Crippen molar-refractivity contribution < 1.29 is 19.1 Å². The lowest BCUT2D eigenvalue weighted by Crippen LogP contribution is -2.31. The summed E-state index contributed by atoms with van der Waals surface area (Å²) in [4.78, 5) is 25.2. The second kappa shape index (κ2) is 11.7. The second-order valence-electron chi connectivity index (χ2n) is 5.19. The highest BCUT2D eigenvalue weighted by atomic mass is 16.5. The molecule has 0 amide bonds. The molecule has 0 saturated carbocycles. The van der Waals surface area contributed by atoms with Crippen LogP contribution < -0.4 is 0 Å². The fourth-order valence-corrected chi connectivity index (χ4v) is 2.23. The van der Waals surface area contributed by atoms with E-state index in [2.05, 4.69) is 17.0 Å². The Kier molecular flexibility index (Phi) is 9.71. The summed E-state index contributed by atoms with van der Waals surface area (Å²) in [6.07, 6.45) is 1.56. The zero-order valence-corrected chi connectivity index (χ0v) is 14.1. The Balaban J connectivity index is 2.46. The van der Waals surface area contributed by atoms with Crippen LogP contribution in [0.2, 0.25) is 0 Å². The van der Waals surface area contributed by atoms with E-state index in [1.807, 2.05) is 18.2 Å². The van der Waals surface area contributed by atoms with Crippen molar-refractivity contribution >= 4 is 11.9 Å². The molecular weight excluding hydrogens is 294 g/mol. The van der Waals surface area contributed by atoms with Crippen molar-refractivity contribution in [1.29, 1.82) is 0 Å². The smallest absolute Gasteiger partial charge is 0.307 e. The quantitative estimate of drug-likeness (QED) is 0.586. The molecule has 0 aliphatic carbocycles. The van der Waals surface area contributed by atoms with Crippen molar-refractivity contribution in [2.75, 3.05) is 32.8 Å². The molecule has 0 N–H and O–H groups in total. The van der Waals surface area contributed by atoms with Crippen LogP contribution in [0.3, 0.4) is 0 Å². The number of carbonyl (C=O) groups excluding carboxylic acids is 2. The first kappa shape index (κ1) is 19.2. The van der Waals surface area contributed by atoms with Crippen molar-refractivity contribution in [2.45, 2.75) is 33.1 Å². The Morgan fingerprint density at radius 1 is 0.870 bits per heavy atom. The molecule has 0 bridgehead atoms. The van der Waals surface area contributed by atoms with E-state index >= 15 is 0 Å². The molecule has 5 heteroatoms. The molecule has 0 unspecified atom stereocenters. The number of rotatable bonds is 11. The highest BCUT2D eigenvalue weighted by molar-refractivity contribution is 5.70. The van der Waals surface area contributed by atoms with Crippen LogP contribution in [0.5, 0.6) is 0 Å². The van der Waals surface area contributed by atoms with Crippen LogP contribution in [-0.4, -0.2) is 49.7 Å². The molecule has 1 aromatic carbocycles. The van der Waals surface area contributed by atoms with E-state index in [0.29, 0.717) is 39.1 Å². The molecule has 0 fully saturated rings. The SMILES string of the molecule is CCOC(=O)CCN(CCC(=O)OCC)CCc1ccccc1. The molecule has 1 aromatic rings. The van der Waals surface area contributed by atoms with Crippen LogP contribution >= 0.6 is 0 Å². The van der Waals surface area contributed by atoms with Crippen molar-refractivity contribution in [2.24, 2.45) is 0 Å². The van der Waals surface area contributed by atoms with Gasteiger partial charge in [-0.15, -0.1) is 0 Å². The number of benzene rings is 1. The fourth-order valence-electron chi connectivity index (χ4n) is 2.23. The Morgan fingerprint density at radius 2 is 1.39 bits per heavy atom. The maximum atomic E-state index is 11.5. The van der Waals surface area contributed by atoms with Gasteiger partial charge in [0, 0.05) is 19.6 Å². The van der Waals surface area contributed by atoms with Crippen molar-refractivity contribution in [1.82, 2.24) is 4.90 Å². The molecule has 23 heavy (non-hydrogen) atoms. The molecule has 0 aliphatic heterocycles. The lowest BCUT2D eigenvalue weighted by Gasteiger charge is -2.21. The zero-order chi connectivity index (χ0) is 16.9. The molecule has 1 rings (SSSR count). The monoisotopic (exact) mass is 321 g/mol. The largest absolute Gasteiger partial charge is 0.466 e. The molecule has 0 heterocycles. The summed E-state index contributed by atoms with van der Waals surface area (Å²) >= 11 is 0. The molecule has 0 atom stereocenters. The minimum absolute atomic E-state index is 0.201. The Bertz CT molecular complexity index is 439. The van der Waals surface area contributed by atoms with Crippen LogP contribution in [0, 0.1) is 0 Å². The molecule has 5 nitrogen and oxygen atoms in total. The summed E-state index contributed by atoms with van der Waals surface area (Å²) in [6, 6.07) is 10.2. The summed E-state index contributed by atoms with van der Waals surface area (Å²) in [7, 11) is 0. The highest BCUT2D eigenvalue weighted by Crippen LogP contribution is 2.04. The topological polar surface area (TPSA) is 55.8 Å². The van der Waals surface area contributed by atoms with Gasteiger partial charge in [0.25, 0.3) is 0 Å². The highest BCUT2D eigenvalue weighted by Gasteiger charge is 2.12. The van der Waals surface area contributed by atoms with Gasteiger partial charge in [0.1, 0.15) is 0 Å². The number of nitrogens with zero attached hydrogens (tertiary/aromatic N) is 1. The minimum atomic E-state index is -0.201. The zero-order valence-electron chi connectivity index (χ0n) is 14.1. The normalized spacial score (nSPS) is 10.6. The summed E-state index contributed by atoms with van der Waals surface area (Å²) in [5.74, 6) is -0.401. The first-order valence-corrected chi connectivity index (χ1v) is 8.23. The standard InChI is InChI=1S/C18H27NO4/c1-3-22-17(20)11-14-19(15-12-18(21)23-4-2)13-10-16-8-6-5-7-9-16/h5-9H,3-4,10-15H2,1-2H3. The lowest BCUT2D eigenvalue weighted by molar-refractivity contribution is -0.143. The van der Waals surface area contributed by atoms with Crippen LogP contribution in [0.1, 0.15) is 32.3 Å². The van der Waals surface area contributed by atoms with Gasteiger partial charge < -0.3 is 14.4 Å². The number of esters is 2. The minimum Gasteiger partial charge on any atom is -0.466 e.